The molecule has 0 unspecified atom stereocenters. The smallest absolute Gasteiger partial charge is 0.367 e. The summed E-state index contributed by atoms with van der Waals surface area (Å²) in [5.41, 5.74) is 1.29. The summed E-state index contributed by atoms with van der Waals surface area (Å²) >= 11 is 1.38. The molecule has 4 rings (SSSR count). The van der Waals surface area contributed by atoms with Gasteiger partial charge in [0.2, 0.25) is 5.91 Å². The van der Waals surface area contributed by atoms with Crippen LogP contribution in [0.4, 0.5) is 11.4 Å². The predicted molar refractivity (Wildman–Crippen MR) is 113 cm³/mol. The molecule has 0 radical (unpaired) electrons. The number of benzene rings is 1. The van der Waals surface area contributed by atoms with E-state index in [0.29, 0.717) is 5.00 Å². The Labute approximate surface area is 172 Å². The van der Waals surface area contributed by atoms with Gasteiger partial charge in [0.1, 0.15) is 11.5 Å². The number of nitrogens with one attached hydrogen (secondary N) is 1. The van der Waals surface area contributed by atoms with E-state index in [2.05, 4.69) is 32.5 Å². The van der Waals surface area contributed by atoms with Crippen molar-refractivity contribution in [2.75, 3.05) is 42.9 Å². The van der Waals surface area contributed by atoms with Crippen LogP contribution in [-0.4, -0.2) is 63.3 Å². The third-order valence-electron chi connectivity index (χ3n) is 4.99. The number of carbonyl (C=O) groups excluding carboxylic acids is 1. The maximum atomic E-state index is 12.6. The Balaban J connectivity index is 1.45. The predicted octanol–water partition coefficient (Wildman–Crippen LogP) is 1.27. The number of hydrogen-bond donors (Lipinski definition) is 1. The minimum atomic E-state index is -0.438. The lowest BCUT2D eigenvalue weighted by atomic mass is 10.2. The highest BCUT2D eigenvalue weighted by Gasteiger charge is 2.19. The van der Waals surface area contributed by atoms with Gasteiger partial charge in [-0.1, -0.05) is 19.1 Å². The van der Waals surface area contributed by atoms with Crippen molar-refractivity contribution in [3.63, 3.8) is 0 Å². The lowest BCUT2D eigenvalue weighted by Gasteiger charge is -2.36. The summed E-state index contributed by atoms with van der Waals surface area (Å²) in [6.45, 7) is 6.85. The van der Waals surface area contributed by atoms with Gasteiger partial charge in [-0.2, -0.15) is 9.36 Å². The van der Waals surface area contributed by atoms with Gasteiger partial charge in [-0.25, -0.2) is 4.79 Å². The fourth-order valence-electron chi connectivity index (χ4n) is 3.39. The van der Waals surface area contributed by atoms with Crippen molar-refractivity contribution in [3.8, 4) is 5.00 Å². The normalized spacial score (nSPS) is 14.9. The second kappa shape index (κ2) is 8.58. The largest absolute Gasteiger partial charge is 0.369 e. The number of amides is 1. The Morgan fingerprint density at radius 3 is 2.62 bits per heavy atom. The van der Waals surface area contributed by atoms with Gasteiger partial charge >= 0.3 is 5.69 Å². The van der Waals surface area contributed by atoms with Gasteiger partial charge in [0, 0.05) is 26.2 Å². The Kier molecular flexibility index (Phi) is 5.72. The molecule has 0 aliphatic carbocycles. The standard InChI is InChI=1S/C19H23N7O2S/c1-2-23-9-11-24(12-10-23)16-7-4-3-6-15(16)20-17(27)14-25-19(28)26(22-21-25)18-8-5-13-29-18/h3-8,13H,2,9-12,14H2,1H3,(H,20,27). The van der Waals surface area contributed by atoms with Crippen LogP contribution in [0.3, 0.4) is 0 Å². The fourth-order valence-corrected chi connectivity index (χ4v) is 4.06. The molecule has 1 fully saturated rings. The van der Waals surface area contributed by atoms with E-state index in [-0.39, 0.29) is 12.5 Å². The molecular formula is C19H23N7O2S. The molecule has 2 aromatic heterocycles. The summed E-state index contributed by atoms with van der Waals surface area (Å²) in [6, 6.07) is 11.4. The number of rotatable bonds is 6. The number of nitrogens with zero attached hydrogens (tertiary/aromatic N) is 6. The lowest BCUT2D eigenvalue weighted by molar-refractivity contribution is -0.117. The van der Waals surface area contributed by atoms with E-state index in [9.17, 15) is 9.59 Å². The fraction of sp³-hybridized carbons (Fsp3) is 0.368. The molecule has 0 spiro atoms. The second-order valence-corrected chi connectivity index (χ2v) is 7.69. The van der Waals surface area contributed by atoms with Crippen LogP contribution < -0.4 is 15.9 Å². The average Bonchev–Trinajstić information content (AvgIpc) is 3.39. The van der Waals surface area contributed by atoms with Crippen molar-refractivity contribution in [1.29, 1.82) is 0 Å². The van der Waals surface area contributed by atoms with E-state index >= 15 is 0 Å². The highest BCUT2D eigenvalue weighted by atomic mass is 32.1. The zero-order valence-corrected chi connectivity index (χ0v) is 17.0. The number of carbonyl (C=O) groups is 1. The Bertz CT molecular complexity index is 1020. The second-order valence-electron chi connectivity index (χ2n) is 6.77. The first kappa shape index (κ1) is 19.3. The van der Waals surface area contributed by atoms with Crippen molar-refractivity contribution in [2.45, 2.75) is 13.5 Å². The van der Waals surface area contributed by atoms with Crippen molar-refractivity contribution in [2.24, 2.45) is 0 Å². The van der Waals surface area contributed by atoms with Gasteiger partial charge in [-0.3, -0.25) is 4.79 Å². The summed E-state index contributed by atoms with van der Waals surface area (Å²) in [6.07, 6.45) is 0. The number of hydrogen-bond acceptors (Lipinski definition) is 7. The summed E-state index contributed by atoms with van der Waals surface area (Å²) in [4.78, 5) is 29.7. The third kappa shape index (κ3) is 4.22. The number of piperazine rings is 1. The van der Waals surface area contributed by atoms with Gasteiger partial charge in [0.05, 0.1) is 11.4 Å². The van der Waals surface area contributed by atoms with Gasteiger partial charge in [0.15, 0.2) is 0 Å². The zero-order chi connectivity index (χ0) is 20.2. The van der Waals surface area contributed by atoms with Crippen LogP contribution in [0.2, 0.25) is 0 Å². The van der Waals surface area contributed by atoms with E-state index in [4.69, 9.17) is 0 Å². The van der Waals surface area contributed by atoms with Crippen LogP contribution in [0, 0.1) is 0 Å². The first-order chi connectivity index (χ1) is 14.2. The Morgan fingerprint density at radius 2 is 1.90 bits per heavy atom. The topological polar surface area (TPSA) is 88.3 Å². The van der Waals surface area contributed by atoms with Gasteiger partial charge in [-0.15, -0.1) is 11.3 Å². The van der Waals surface area contributed by atoms with Crippen molar-refractivity contribution in [3.05, 3.63) is 52.3 Å². The van der Waals surface area contributed by atoms with Crippen molar-refractivity contribution < 1.29 is 4.79 Å². The molecule has 29 heavy (non-hydrogen) atoms. The highest BCUT2D eigenvalue weighted by molar-refractivity contribution is 7.12. The maximum absolute atomic E-state index is 12.6. The first-order valence-corrected chi connectivity index (χ1v) is 10.5. The van der Waals surface area contributed by atoms with Crippen LogP contribution in [0.5, 0.6) is 0 Å². The van der Waals surface area contributed by atoms with Crippen LogP contribution >= 0.6 is 11.3 Å². The number of likely N-dealkylation sites (N-methyl/N-ethyl adjacent to an activating group) is 1. The molecule has 3 heterocycles. The molecule has 0 saturated carbocycles. The van der Waals surface area contributed by atoms with Crippen LogP contribution in [-0.2, 0) is 11.3 Å². The summed E-state index contributed by atoms with van der Waals surface area (Å²) in [7, 11) is 0. The lowest BCUT2D eigenvalue weighted by Crippen LogP contribution is -2.46. The van der Waals surface area contributed by atoms with E-state index < -0.39 is 5.69 Å². The molecule has 0 bridgehead atoms. The van der Waals surface area contributed by atoms with E-state index in [0.717, 1.165) is 48.8 Å². The minimum Gasteiger partial charge on any atom is -0.367 e. The van der Waals surface area contributed by atoms with Crippen LogP contribution in [0.15, 0.2) is 46.6 Å². The summed E-state index contributed by atoms with van der Waals surface area (Å²) in [5, 5.41) is 13.1. The molecule has 9 nitrogen and oxygen atoms in total. The van der Waals surface area contributed by atoms with Crippen LogP contribution in [0.25, 0.3) is 5.00 Å². The molecule has 1 aliphatic heterocycles. The van der Waals surface area contributed by atoms with Gasteiger partial charge in [0.25, 0.3) is 0 Å². The quantitative estimate of drug-likeness (QED) is 0.655. The number of anilines is 2. The number of thiophene rings is 1. The summed E-state index contributed by atoms with van der Waals surface area (Å²) in [5.74, 6) is -0.315. The molecule has 3 aromatic rings. The van der Waals surface area contributed by atoms with Gasteiger partial charge < -0.3 is 15.1 Å². The van der Waals surface area contributed by atoms with E-state index in [1.165, 1.54) is 16.0 Å². The highest BCUT2D eigenvalue weighted by Crippen LogP contribution is 2.26. The molecular weight excluding hydrogens is 390 g/mol. The minimum absolute atomic E-state index is 0.192. The Hall–Kier alpha value is -2.98. The average molecular weight is 414 g/mol. The number of tetrazole rings is 1. The van der Waals surface area contributed by atoms with Crippen molar-refractivity contribution >= 4 is 28.6 Å². The Morgan fingerprint density at radius 1 is 1.10 bits per heavy atom. The monoisotopic (exact) mass is 413 g/mol. The zero-order valence-electron chi connectivity index (χ0n) is 16.2. The third-order valence-corrected chi connectivity index (χ3v) is 5.83. The molecule has 1 aliphatic rings. The maximum Gasteiger partial charge on any atom is 0.369 e. The molecule has 1 aromatic carbocycles. The first-order valence-electron chi connectivity index (χ1n) is 9.58. The van der Waals surface area contributed by atoms with Gasteiger partial charge in [-0.05, 0) is 46.6 Å². The molecule has 10 heteroatoms. The molecule has 1 saturated heterocycles. The van der Waals surface area contributed by atoms with E-state index in [1.807, 2.05) is 35.7 Å². The van der Waals surface area contributed by atoms with Crippen molar-refractivity contribution in [1.82, 2.24) is 24.7 Å². The molecule has 1 N–H and O–H groups in total. The number of aromatic nitrogens is 4. The van der Waals surface area contributed by atoms with Crippen LogP contribution in [0.1, 0.15) is 6.92 Å². The SMILES string of the molecule is CCN1CCN(c2ccccc2NC(=O)Cn2nnn(-c3cccs3)c2=O)CC1. The summed E-state index contributed by atoms with van der Waals surface area (Å²) < 4.78 is 2.26. The van der Waals surface area contributed by atoms with E-state index in [1.54, 1.807) is 6.07 Å². The molecule has 0 atom stereocenters. The molecule has 1 amide bonds. The molecule has 152 valence electrons. The number of para-hydroxylation sites is 2.